The molecule has 2 heteroatoms. The van der Waals surface area contributed by atoms with Crippen molar-refractivity contribution in [2.45, 2.75) is 71.8 Å². The van der Waals surface area contributed by atoms with Gasteiger partial charge in [0.15, 0.2) is 0 Å². The summed E-state index contributed by atoms with van der Waals surface area (Å²) in [4.78, 5) is 2.56. The van der Waals surface area contributed by atoms with E-state index in [0.717, 1.165) is 13.1 Å². The van der Waals surface area contributed by atoms with E-state index in [9.17, 15) is 0 Å². The third-order valence-electron chi connectivity index (χ3n) is 3.38. The first kappa shape index (κ1) is 15.9. The molecule has 2 N–H and O–H groups in total. The van der Waals surface area contributed by atoms with Crippen molar-refractivity contribution in [3.8, 4) is 0 Å². The van der Waals surface area contributed by atoms with Crippen molar-refractivity contribution < 1.29 is 0 Å². The maximum Gasteiger partial charge on any atom is 0.0218 e. The highest BCUT2D eigenvalue weighted by Gasteiger charge is 2.14. The second kappa shape index (κ2) is 11.4. The monoisotopic (exact) mass is 228 g/mol. The average molecular weight is 228 g/mol. The SMILES string of the molecule is CCCCCCC(CN)N(CC)CCCC. The number of rotatable bonds is 11. The normalized spacial score (nSPS) is 13.3. The van der Waals surface area contributed by atoms with Gasteiger partial charge in [0.05, 0.1) is 0 Å². The van der Waals surface area contributed by atoms with Gasteiger partial charge >= 0.3 is 0 Å². The summed E-state index contributed by atoms with van der Waals surface area (Å²) in [6, 6.07) is 0.619. The quantitative estimate of drug-likeness (QED) is 0.549. The van der Waals surface area contributed by atoms with Gasteiger partial charge in [0.2, 0.25) is 0 Å². The van der Waals surface area contributed by atoms with Gasteiger partial charge in [-0.2, -0.15) is 0 Å². The maximum atomic E-state index is 5.89. The lowest BCUT2D eigenvalue weighted by Crippen LogP contribution is -2.41. The number of unbranched alkanes of at least 4 members (excludes halogenated alkanes) is 4. The summed E-state index contributed by atoms with van der Waals surface area (Å²) < 4.78 is 0. The second-order valence-corrected chi connectivity index (χ2v) is 4.72. The lowest BCUT2D eigenvalue weighted by atomic mass is 10.1. The molecule has 0 aromatic carbocycles. The van der Waals surface area contributed by atoms with Crippen LogP contribution in [0.2, 0.25) is 0 Å². The third-order valence-corrected chi connectivity index (χ3v) is 3.38. The summed E-state index contributed by atoms with van der Waals surface area (Å²) >= 11 is 0. The molecule has 0 saturated heterocycles. The third kappa shape index (κ3) is 7.24. The molecule has 98 valence electrons. The van der Waals surface area contributed by atoms with E-state index >= 15 is 0 Å². The first-order valence-electron chi connectivity index (χ1n) is 7.24. The molecule has 16 heavy (non-hydrogen) atoms. The fourth-order valence-electron chi connectivity index (χ4n) is 2.22. The number of hydrogen-bond acceptors (Lipinski definition) is 2. The highest BCUT2D eigenvalue weighted by atomic mass is 15.2. The predicted octanol–water partition coefficient (Wildman–Crippen LogP) is 3.41. The van der Waals surface area contributed by atoms with Crippen molar-refractivity contribution in [2.24, 2.45) is 5.73 Å². The van der Waals surface area contributed by atoms with Gasteiger partial charge in [0.1, 0.15) is 0 Å². The Morgan fingerprint density at radius 1 is 0.938 bits per heavy atom. The molecule has 0 radical (unpaired) electrons. The summed E-state index contributed by atoms with van der Waals surface area (Å²) in [5.74, 6) is 0. The average Bonchev–Trinajstić information content (AvgIpc) is 2.32. The Kier molecular flexibility index (Phi) is 11.3. The largest absolute Gasteiger partial charge is 0.329 e. The molecule has 0 aromatic heterocycles. The Morgan fingerprint density at radius 3 is 2.12 bits per heavy atom. The van der Waals surface area contributed by atoms with Crippen LogP contribution in [0.15, 0.2) is 0 Å². The predicted molar refractivity (Wildman–Crippen MR) is 73.8 cm³/mol. The summed E-state index contributed by atoms with van der Waals surface area (Å²) in [5.41, 5.74) is 5.89. The molecule has 1 atom stereocenters. The Hall–Kier alpha value is -0.0800. The molecule has 0 saturated carbocycles. The van der Waals surface area contributed by atoms with Gasteiger partial charge in [-0.3, -0.25) is 4.90 Å². The van der Waals surface area contributed by atoms with Crippen LogP contribution in [-0.2, 0) is 0 Å². The van der Waals surface area contributed by atoms with E-state index in [2.05, 4.69) is 25.7 Å². The number of likely N-dealkylation sites (N-methyl/N-ethyl adjacent to an activating group) is 1. The zero-order valence-electron chi connectivity index (χ0n) is 11.7. The molecule has 0 fully saturated rings. The van der Waals surface area contributed by atoms with E-state index in [1.54, 1.807) is 0 Å². The van der Waals surface area contributed by atoms with Crippen molar-refractivity contribution in [2.75, 3.05) is 19.6 Å². The molecule has 0 aliphatic rings. The van der Waals surface area contributed by atoms with Crippen molar-refractivity contribution >= 4 is 0 Å². The first-order chi connectivity index (χ1) is 7.79. The van der Waals surface area contributed by atoms with Gasteiger partial charge in [-0.1, -0.05) is 52.9 Å². The Balaban J connectivity index is 3.81. The number of nitrogens with zero attached hydrogens (tertiary/aromatic N) is 1. The van der Waals surface area contributed by atoms with Crippen LogP contribution in [0.5, 0.6) is 0 Å². The van der Waals surface area contributed by atoms with Crippen LogP contribution >= 0.6 is 0 Å². The highest BCUT2D eigenvalue weighted by molar-refractivity contribution is 4.71. The molecule has 2 nitrogen and oxygen atoms in total. The fraction of sp³-hybridized carbons (Fsp3) is 1.00. The number of nitrogens with two attached hydrogens (primary N) is 1. The zero-order chi connectivity index (χ0) is 12.2. The fourth-order valence-corrected chi connectivity index (χ4v) is 2.22. The highest BCUT2D eigenvalue weighted by Crippen LogP contribution is 2.11. The number of hydrogen-bond donors (Lipinski definition) is 1. The smallest absolute Gasteiger partial charge is 0.0218 e. The van der Waals surface area contributed by atoms with Gasteiger partial charge in [0.25, 0.3) is 0 Å². The molecule has 0 heterocycles. The minimum atomic E-state index is 0.619. The van der Waals surface area contributed by atoms with Crippen LogP contribution < -0.4 is 5.73 Å². The van der Waals surface area contributed by atoms with E-state index < -0.39 is 0 Å². The summed E-state index contributed by atoms with van der Waals surface area (Å²) in [6.45, 7) is 9.97. The van der Waals surface area contributed by atoms with E-state index in [0.29, 0.717) is 6.04 Å². The molecule has 0 rings (SSSR count). The molecule has 1 unspecified atom stereocenters. The van der Waals surface area contributed by atoms with Crippen LogP contribution in [0.3, 0.4) is 0 Å². The molecule has 0 aliphatic carbocycles. The summed E-state index contributed by atoms with van der Waals surface area (Å²) in [7, 11) is 0. The Labute approximate surface area is 103 Å². The minimum Gasteiger partial charge on any atom is -0.329 e. The van der Waals surface area contributed by atoms with E-state index in [4.69, 9.17) is 5.73 Å². The molecular weight excluding hydrogens is 196 g/mol. The Morgan fingerprint density at radius 2 is 1.62 bits per heavy atom. The van der Waals surface area contributed by atoms with E-state index in [-0.39, 0.29) is 0 Å². The van der Waals surface area contributed by atoms with Crippen molar-refractivity contribution in [1.29, 1.82) is 0 Å². The van der Waals surface area contributed by atoms with Crippen molar-refractivity contribution in [3.05, 3.63) is 0 Å². The van der Waals surface area contributed by atoms with Crippen LogP contribution in [0.25, 0.3) is 0 Å². The molecule has 0 amide bonds. The van der Waals surface area contributed by atoms with Gasteiger partial charge in [-0.05, 0) is 25.9 Å². The molecule has 0 aliphatic heterocycles. The standard InChI is InChI=1S/C14H32N2/c1-4-7-9-10-11-14(13-15)16(6-3)12-8-5-2/h14H,4-13,15H2,1-3H3. The van der Waals surface area contributed by atoms with Gasteiger partial charge in [-0.25, -0.2) is 0 Å². The van der Waals surface area contributed by atoms with Crippen LogP contribution in [0.1, 0.15) is 65.7 Å². The first-order valence-corrected chi connectivity index (χ1v) is 7.24. The van der Waals surface area contributed by atoms with Gasteiger partial charge in [-0.15, -0.1) is 0 Å². The maximum absolute atomic E-state index is 5.89. The van der Waals surface area contributed by atoms with E-state index in [1.807, 2.05) is 0 Å². The second-order valence-electron chi connectivity index (χ2n) is 4.72. The molecule has 0 spiro atoms. The van der Waals surface area contributed by atoms with Crippen molar-refractivity contribution in [1.82, 2.24) is 4.90 Å². The van der Waals surface area contributed by atoms with Gasteiger partial charge in [0, 0.05) is 12.6 Å². The van der Waals surface area contributed by atoms with Crippen LogP contribution in [0, 0.1) is 0 Å². The van der Waals surface area contributed by atoms with E-state index in [1.165, 1.54) is 51.5 Å². The topological polar surface area (TPSA) is 29.3 Å². The Bertz CT molecular complexity index is 137. The van der Waals surface area contributed by atoms with Gasteiger partial charge < -0.3 is 5.73 Å². The van der Waals surface area contributed by atoms with Crippen LogP contribution in [-0.4, -0.2) is 30.6 Å². The van der Waals surface area contributed by atoms with Crippen molar-refractivity contribution in [3.63, 3.8) is 0 Å². The molecular formula is C14H32N2. The lowest BCUT2D eigenvalue weighted by Gasteiger charge is -2.29. The molecule has 0 aromatic rings. The minimum absolute atomic E-state index is 0.619. The zero-order valence-corrected chi connectivity index (χ0v) is 11.7. The summed E-state index contributed by atoms with van der Waals surface area (Å²) in [6.07, 6.45) is 9.28. The lowest BCUT2D eigenvalue weighted by molar-refractivity contribution is 0.194. The summed E-state index contributed by atoms with van der Waals surface area (Å²) in [5, 5.41) is 0. The van der Waals surface area contributed by atoms with Crippen LogP contribution in [0.4, 0.5) is 0 Å². The molecule has 0 bridgehead atoms.